The molecule has 5 nitrogen and oxygen atoms in total. The van der Waals surface area contributed by atoms with Gasteiger partial charge in [-0.2, -0.15) is 4.98 Å². The smallest absolute Gasteiger partial charge is 0.252 e. The van der Waals surface area contributed by atoms with Crippen LogP contribution in [-0.2, 0) is 5.54 Å². The molecule has 2 aromatic carbocycles. The maximum Gasteiger partial charge on any atom is 0.252 e. The molecule has 0 amide bonds. The van der Waals surface area contributed by atoms with Crippen molar-refractivity contribution >= 4 is 24.4 Å². The van der Waals surface area contributed by atoms with Crippen LogP contribution >= 0.6 is 0 Å². The molecule has 0 radical (unpaired) electrons. The number of nitrogens with two attached hydrogens (primary N) is 1. The maximum atomic E-state index is 6.41. The predicted molar refractivity (Wildman–Crippen MR) is 131 cm³/mol. The fourth-order valence-corrected chi connectivity index (χ4v) is 3.36. The molecule has 1 aromatic heterocycles. The molecular weight excluding hydrogens is 382 g/mol. The summed E-state index contributed by atoms with van der Waals surface area (Å²) in [5.74, 6) is 1.58. The van der Waals surface area contributed by atoms with E-state index in [0.717, 1.165) is 29.8 Å². The summed E-state index contributed by atoms with van der Waals surface area (Å²) in [6, 6.07) is 18.5. The Morgan fingerprint density at radius 2 is 1.68 bits per heavy atom. The van der Waals surface area contributed by atoms with Crippen molar-refractivity contribution in [3.63, 3.8) is 0 Å². The van der Waals surface area contributed by atoms with E-state index in [1.165, 1.54) is 12.0 Å². The molecule has 1 aliphatic carbocycles. The number of nitrogens with zero attached hydrogens (tertiary/aromatic N) is 4. The summed E-state index contributed by atoms with van der Waals surface area (Å²) in [4.78, 5) is 9.20. The molecule has 0 unspecified atom stereocenters. The Bertz CT molecular complexity index is 1010. The maximum absolute atomic E-state index is 6.41. The van der Waals surface area contributed by atoms with Crippen molar-refractivity contribution in [2.24, 2.45) is 10.7 Å². The molecular formula is C26H33N5. The first-order valence-corrected chi connectivity index (χ1v) is 11.2. The SMILES string of the molecule is CC.CC(C)c1nc(/N=C/c2ccc(C3(N)CCC3)cc2)n(/C=C/c2ccccc2)n1. The molecule has 0 atom stereocenters. The number of aliphatic imine (C=N–C) groups is 1. The summed E-state index contributed by atoms with van der Waals surface area (Å²) in [5, 5.41) is 4.59. The zero-order chi connectivity index (χ0) is 22.3. The van der Waals surface area contributed by atoms with E-state index in [0.29, 0.717) is 5.95 Å². The van der Waals surface area contributed by atoms with Gasteiger partial charge in [0.25, 0.3) is 5.95 Å². The van der Waals surface area contributed by atoms with Crippen molar-refractivity contribution in [2.45, 2.75) is 58.4 Å². The lowest BCUT2D eigenvalue weighted by molar-refractivity contribution is 0.253. The number of hydrogen-bond donors (Lipinski definition) is 1. The zero-order valence-electron chi connectivity index (χ0n) is 19.0. The zero-order valence-corrected chi connectivity index (χ0v) is 19.0. The van der Waals surface area contributed by atoms with Gasteiger partial charge in [0.2, 0.25) is 0 Å². The van der Waals surface area contributed by atoms with Crippen LogP contribution in [0.1, 0.15) is 75.4 Å². The van der Waals surface area contributed by atoms with E-state index < -0.39 is 0 Å². The second-order valence-corrected chi connectivity index (χ2v) is 7.99. The third kappa shape index (κ3) is 5.56. The van der Waals surface area contributed by atoms with Gasteiger partial charge in [-0.1, -0.05) is 82.3 Å². The van der Waals surface area contributed by atoms with Crippen LogP contribution in [0.3, 0.4) is 0 Å². The first kappa shape index (κ1) is 22.6. The molecule has 31 heavy (non-hydrogen) atoms. The number of benzene rings is 2. The van der Waals surface area contributed by atoms with E-state index in [1.54, 1.807) is 4.68 Å². The summed E-state index contributed by atoms with van der Waals surface area (Å²) >= 11 is 0. The van der Waals surface area contributed by atoms with Gasteiger partial charge in [0.1, 0.15) is 0 Å². The average molecular weight is 416 g/mol. The summed E-state index contributed by atoms with van der Waals surface area (Å²) in [5.41, 5.74) is 9.60. The molecule has 0 aliphatic heterocycles. The van der Waals surface area contributed by atoms with Gasteiger partial charge in [-0.25, -0.2) is 9.67 Å². The summed E-state index contributed by atoms with van der Waals surface area (Å²) in [6.07, 6.45) is 9.08. The monoisotopic (exact) mass is 415 g/mol. The van der Waals surface area contributed by atoms with Crippen LogP contribution in [-0.4, -0.2) is 21.0 Å². The molecule has 0 spiro atoms. The van der Waals surface area contributed by atoms with Crippen molar-refractivity contribution in [3.05, 3.63) is 77.1 Å². The van der Waals surface area contributed by atoms with Crippen molar-refractivity contribution in [1.82, 2.24) is 14.8 Å². The molecule has 1 saturated carbocycles. The van der Waals surface area contributed by atoms with Crippen LogP contribution in [0.2, 0.25) is 0 Å². The molecule has 4 rings (SSSR count). The van der Waals surface area contributed by atoms with Crippen LogP contribution in [0.4, 0.5) is 5.95 Å². The summed E-state index contributed by atoms with van der Waals surface area (Å²) in [6.45, 7) is 8.16. The van der Waals surface area contributed by atoms with E-state index in [2.05, 4.69) is 53.2 Å². The highest BCUT2D eigenvalue weighted by atomic mass is 15.4. The minimum Gasteiger partial charge on any atom is -0.321 e. The number of aromatic nitrogens is 3. The minimum absolute atomic E-state index is 0.135. The molecule has 1 aliphatic rings. The highest BCUT2D eigenvalue weighted by Crippen LogP contribution is 2.38. The first-order valence-electron chi connectivity index (χ1n) is 11.2. The van der Waals surface area contributed by atoms with Gasteiger partial charge < -0.3 is 5.73 Å². The molecule has 1 heterocycles. The Balaban J connectivity index is 0.00000132. The number of hydrogen-bond acceptors (Lipinski definition) is 4. The Morgan fingerprint density at radius 1 is 1.00 bits per heavy atom. The number of rotatable bonds is 6. The lowest BCUT2D eigenvalue weighted by Gasteiger charge is -2.38. The quantitative estimate of drug-likeness (QED) is 0.491. The topological polar surface area (TPSA) is 69.1 Å². The van der Waals surface area contributed by atoms with Gasteiger partial charge in [-0.15, -0.1) is 5.10 Å². The second-order valence-electron chi connectivity index (χ2n) is 7.99. The van der Waals surface area contributed by atoms with E-state index >= 15 is 0 Å². The normalized spacial score (nSPS) is 15.2. The van der Waals surface area contributed by atoms with E-state index in [1.807, 2.05) is 62.7 Å². The fraction of sp³-hybridized carbons (Fsp3) is 0.346. The first-order chi connectivity index (χ1) is 15.0. The largest absolute Gasteiger partial charge is 0.321 e. The van der Waals surface area contributed by atoms with Gasteiger partial charge in [0.05, 0.1) is 0 Å². The van der Waals surface area contributed by atoms with Crippen LogP contribution in [0.25, 0.3) is 12.3 Å². The van der Waals surface area contributed by atoms with Crippen molar-refractivity contribution in [1.29, 1.82) is 0 Å². The van der Waals surface area contributed by atoms with Crippen molar-refractivity contribution in [2.75, 3.05) is 0 Å². The third-order valence-electron chi connectivity index (χ3n) is 5.41. The molecule has 162 valence electrons. The molecule has 5 heteroatoms. The molecule has 0 saturated heterocycles. The third-order valence-corrected chi connectivity index (χ3v) is 5.41. The van der Waals surface area contributed by atoms with Gasteiger partial charge in [0.15, 0.2) is 5.82 Å². The minimum atomic E-state index is -0.135. The Hall–Kier alpha value is -3.05. The fourth-order valence-electron chi connectivity index (χ4n) is 3.36. The Labute approximate surface area is 185 Å². The highest BCUT2D eigenvalue weighted by molar-refractivity contribution is 5.81. The van der Waals surface area contributed by atoms with Gasteiger partial charge >= 0.3 is 0 Å². The predicted octanol–water partition coefficient (Wildman–Crippen LogP) is 6.14. The lowest BCUT2D eigenvalue weighted by Crippen LogP contribution is -2.43. The van der Waals surface area contributed by atoms with E-state index in [4.69, 9.17) is 5.73 Å². The van der Waals surface area contributed by atoms with Crippen molar-refractivity contribution < 1.29 is 0 Å². The molecule has 1 fully saturated rings. The van der Waals surface area contributed by atoms with Gasteiger partial charge in [0, 0.05) is 23.9 Å². The van der Waals surface area contributed by atoms with Crippen LogP contribution in [0.15, 0.2) is 59.6 Å². The molecule has 3 aromatic rings. The van der Waals surface area contributed by atoms with Crippen molar-refractivity contribution in [3.8, 4) is 0 Å². The highest BCUT2D eigenvalue weighted by Gasteiger charge is 2.33. The van der Waals surface area contributed by atoms with Crippen LogP contribution < -0.4 is 5.73 Å². The standard InChI is InChI=1S/C24H27N5.C2H6/c1-18(2)22-27-23(29(28-22)16-13-19-7-4-3-5-8-19)26-17-20-9-11-21(12-10-20)24(25)14-6-15-24;1-2/h3-5,7-13,16-18H,6,14-15,25H2,1-2H3;1-2H3/b16-13+,26-17+;. The summed E-state index contributed by atoms with van der Waals surface area (Å²) in [7, 11) is 0. The van der Waals surface area contributed by atoms with Crippen LogP contribution in [0.5, 0.6) is 0 Å². The molecule has 0 bridgehead atoms. The molecule has 2 N–H and O–H groups in total. The Kier molecular flexibility index (Phi) is 7.53. The van der Waals surface area contributed by atoms with Gasteiger partial charge in [-0.3, -0.25) is 0 Å². The average Bonchev–Trinajstić information content (AvgIpc) is 3.20. The van der Waals surface area contributed by atoms with Crippen LogP contribution in [0, 0.1) is 0 Å². The van der Waals surface area contributed by atoms with E-state index in [-0.39, 0.29) is 11.5 Å². The van der Waals surface area contributed by atoms with E-state index in [9.17, 15) is 0 Å². The van der Waals surface area contributed by atoms with Gasteiger partial charge in [-0.05, 0) is 42.0 Å². The second kappa shape index (κ2) is 10.3. The summed E-state index contributed by atoms with van der Waals surface area (Å²) < 4.78 is 1.73. The Morgan fingerprint density at radius 3 is 2.26 bits per heavy atom. The lowest BCUT2D eigenvalue weighted by atomic mass is 9.73.